The van der Waals surface area contributed by atoms with E-state index in [2.05, 4.69) is 0 Å². The first kappa shape index (κ1) is 16.8. The second-order valence-corrected chi connectivity index (χ2v) is 6.26. The fraction of sp³-hybridized carbons (Fsp3) is 0.562. The Morgan fingerprint density at radius 2 is 2.05 bits per heavy atom. The number of likely N-dealkylation sites (tertiary alicyclic amines) is 1. The van der Waals surface area contributed by atoms with Gasteiger partial charge in [-0.3, -0.25) is 4.79 Å². The van der Waals surface area contributed by atoms with Gasteiger partial charge in [-0.05, 0) is 29.9 Å². The SMILES string of the molecule is CC(C)c1cccc(C2(N)CCCN(C(=O)C(F)(F)F)C2)c1. The third-order valence-electron chi connectivity index (χ3n) is 4.18. The average Bonchev–Trinajstić information content (AvgIpc) is 2.45. The summed E-state index contributed by atoms with van der Waals surface area (Å²) in [6, 6.07) is 7.60. The van der Waals surface area contributed by atoms with Gasteiger partial charge in [-0.2, -0.15) is 13.2 Å². The van der Waals surface area contributed by atoms with E-state index in [4.69, 9.17) is 5.73 Å². The molecule has 0 spiro atoms. The van der Waals surface area contributed by atoms with Crippen LogP contribution in [0.1, 0.15) is 43.7 Å². The van der Waals surface area contributed by atoms with Crippen LogP contribution in [0.2, 0.25) is 0 Å². The first-order valence-corrected chi connectivity index (χ1v) is 7.39. The summed E-state index contributed by atoms with van der Waals surface area (Å²) in [5, 5.41) is 0. The monoisotopic (exact) mass is 314 g/mol. The van der Waals surface area contributed by atoms with Crippen LogP contribution in [-0.4, -0.2) is 30.1 Å². The number of nitrogens with two attached hydrogens (primary N) is 1. The zero-order chi connectivity index (χ0) is 16.5. The van der Waals surface area contributed by atoms with Crippen LogP contribution in [0.4, 0.5) is 13.2 Å². The standard InChI is InChI=1S/C16H21F3N2O/c1-11(2)12-5-3-6-13(9-12)15(20)7-4-8-21(10-15)14(22)16(17,18)19/h3,5-6,9,11H,4,7-8,10,20H2,1-2H3. The Bertz CT molecular complexity index is 557. The maximum Gasteiger partial charge on any atom is 0.471 e. The Hall–Kier alpha value is -1.56. The van der Waals surface area contributed by atoms with Crippen LogP contribution in [0, 0.1) is 0 Å². The van der Waals surface area contributed by atoms with Crippen LogP contribution in [0.5, 0.6) is 0 Å². The highest BCUT2D eigenvalue weighted by Crippen LogP contribution is 2.32. The van der Waals surface area contributed by atoms with E-state index >= 15 is 0 Å². The summed E-state index contributed by atoms with van der Waals surface area (Å²) < 4.78 is 37.9. The molecular weight excluding hydrogens is 293 g/mol. The number of rotatable bonds is 2. The lowest BCUT2D eigenvalue weighted by molar-refractivity contribution is -0.187. The lowest BCUT2D eigenvalue weighted by Crippen LogP contribution is -2.56. The predicted molar refractivity (Wildman–Crippen MR) is 78.3 cm³/mol. The Labute approximate surface area is 128 Å². The molecule has 2 rings (SSSR count). The molecule has 2 N–H and O–H groups in total. The fourth-order valence-electron chi connectivity index (χ4n) is 2.88. The van der Waals surface area contributed by atoms with Gasteiger partial charge in [0.25, 0.3) is 0 Å². The summed E-state index contributed by atoms with van der Waals surface area (Å²) in [6.07, 6.45) is -3.82. The van der Waals surface area contributed by atoms with Gasteiger partial charge in [-0.25, -0.2) is 0 Å². The molecule has 122 valence electrons. The molecule has 1 unspecified atom stereocenters. The highest BCUT2D eigenvalue weighted by Gasteiger charge is 2.46. The molecule has 6 heteroatoms. The van der Waals surface area contributed by atoms with Gasteiger partial charge in [-0.15, -0.1) is 0 Å². The molecule has 0 aliphatic carbocycles. The molecular formula is C16H21F3N2O. The molecule has 1 amide bonds. The van der Waals surface area contributed by atoms with Gasteiger partial charge >= 0.3 is 12.1 Å². The topological polar surface area (TPSA) is 46.3 Å². The van der Waals surface area contributed by atoms with Crippen molar-refractivity contribution in [3.63, 3.8) is 0 Å². The van der Waals surface area contributed by atoms with Gasteiger partial charge in [0.1, 0.15) is 0 Å². The molecule has 3 nitrogen and oxygen atoms in total. The Morgan fingerprint density at radius 3 is 2.64 bits per heavy atom. The first-order valence-electron chi connectivity index (χ1n) is 7.39. The van der Waals surface area contributed by atoms with Crippen molar-refractivity contribution in [1.82, 2.24) is 4.90 Å². The van der Waals surface area contributed by atoms with Crippen molar-refractivity contribution in [2.45, 2.75) is 44.3 Å². The maximum atomic E-state index is 12.6. The molecule has 0 aromatic heterocycles. The summed E-state index contributed by atoms with van der Waals surface area (Å²) in [7, 11) is 0. The normalized spacial score (nSPS) is 23.0. The molecule has 1 aromatic carbocycles. The summed E-state index contributed by atoms with van der Waals surface area (Å²) in [4.78, 5) is 12.3. The molecule has 1 fully saturated rings. The van der Waals surface area contributed by atoms with E-state index < -0.39 is 17.6 Å². The van der Waals surface area contributed by atoms with E-state index in [0.717, 1.165) is 16.0 Å². The third-order valence-corrected chi connectivity index (χ3v) is 4.18. The van der Waals surface area contributed by atoms with Crippen LogP contribution in [0.3, 0.4) is 0 Å². The Balaban J connectivity index is 2.26. The minimum atomic E-state index is -4.85. The highest BCUT2D eigenvalue weighted by molar-refractivity contribution is 5.82. The highest BCUT2D eigenvalue weighted by atomic mass is 19.4. The summed E-state index contributed by atoms with van der Waals surface area (Å²) in [5.41, 5.74) is 7.31. The van der Waals surface area contributed by atoms with Gasteiger partial charge in [0.2, 0.25) is 0 Å². The average molecular weight is 314 g/mol. The van der Waals surface area contributed by atoms with Gasteiger partial charge in [-0.1, -0.05) is 38.1 Å². The number of hydrogen-bond acceptors (Lipinski definition) is 2. The van der Waals surface area contributed by atoms with Crippen molar-refractivity contribution in [1.29, 1.82) is 0 Å². The van der Waals surface area contributed by atoms with Gasteiger partial charge in [0, 0.05) is 13.1 Å². The minimum Gasteiger partial charge on any atom is -0.333 e. The smallest absolute Gasteiger partial charge is 0.333 e. The summed E-state index contributed by atoms with van der Waals surface area (Å²) >= 11 is 0. The molecule has 1 aromatic rings. The predicted octanol–water partition coefficient (Wildman–Crippen LogP) is 3.15. The van der Waals surface area contributed by atoms with Crippen LogP contribution >= 0.6 is 0 Å². The molecule has 0 radical (unpaired) electrons. The fourth-order valence-corrected chi connectivity index (χ4v) is 2.88. The lowest BCUT2D eigenvalue weighted by atomic mass is 9.82. The largest absolute Gasteiger partial charge is 0.471 e. The van der Waals surface area contributed by atoms with Crippen LogP contribution in [0.15, 0.2) is 24.3 Å². The lowest BCUT2D eigenvalue weighted by Gasteiger charge is -2.41. The van der Waals surface area contributed by atoms with Crippen molar-refractivity contribution in [2.24, 2.45) is 5.73 Å². The number of halogens is 3. The van der Waals surface area contributed by atoms with Crippen LogP contribution < -0.4 is 5.73 Å². The molecule has 1 atom stereocenters. The maximum absolute atomic E-state index is 12.6. The van der Waals surface area contributed by atoms with Crippen molar-refractivity contribution < 1.29 is 18.0 Å². The van der Waals surface area contributed by atoms with Crippen molar-refractivity contribution in [3.05, 3.63) is 35.4 Å². The van der Waals surface area contributed by atoms with Crippen LogP contribution in [-0.2, 0) is 10.3 Å². The molecule has 22 heavy (non-hydrogen) atoms. The molecule has 1 saturated heterocycles. The van der Waals surface area contributed by atoms with Crippen molar-refractivity contribution in [3.8, 4) is 0 Å². The van der Waals surface area contributed by atoms with E-state index in [-0.39, 0.29) is 13.1 Å². The third kappa shape index (κ3) is 3.43. The summed E-state index contributed by atoms with van der Waals surface area (Å²) in [5.74, 6) is -1.50. The number of carbonyl (C=O) groups excluding carboxylic acids is 1. The molecule has 1 aliphatic heterocycles. The van der Waals surface area contributed by atoms with Crippen molar-refractivity contribution in [2.75, 3.05) is 13.1 Å². The zero-order valence-corrected chi connectivity index (χ0v) is 12.8. The number of nitrogens with zero attached hydrogens (tertiary/aromatic N) is 1. The number of alkyl halides is 3. The molecule has 0 bridgehead atoms. The first-order chi connectivity index (χ1) is 10.1. The molecule has 0 saturated carbocycles. The molecule has 1 aliphatic rings. The number of carbonyl (C=O) groups is 1. The Morgan fingerprint density at radius 1 is 1.36 bits per heavy atom. The van der Waals surface area contributed by atoms with E-state index in [1.165, 1.54) is 0 Å². The number of benzene rings is 1. The van der Waals surface area contributed by atoms with E-state index in [1.54, 1.807) is 0 Å². The summed E-state index contributed by atoms with van der Waals surface area (Å²) in [6.45, 7) is 4.08. The molecule has 1 heterocycles. The minimum absolute atomic E-state index is 0.0984. The number of hydrogen-bond donors (Lipinski definition) is 1. The second-order valence-electron chi connectivity index (χ2n) is 6.26. The number of piperidine rings is 1. The van der Waals surface area contributed by atoms with Gasteiger partial charge in [0.05, 0.1) is 5.54 Å². The van der Waals surface area contributed by atoms with E-state index in [1.807, 2.05) is 38.1 Å². The van der Waals surface area contributed by atoms with E-state index in [0.29, 0.717) is 18.8 Å². The van der Waals surface area contributed by atoms with Gasteiger partial charge in [0.15, 0.2) is 0 Å². The van der Waals surface area contributed by atoms with Crippen molar-refractivity contribution >= 4 is 5.91 Å². The Kier molecular flexibility index (Phi) is 4.52. The quantitative estimate of drug-likeness (QED) is 0.911. The van der Waals surface area contributed by atoms with Gasteiger partial charge < -0.3 is 10.6 Å². The second kappa shape index (κ2) is 5.91. The van der Waals surface area contributed by atoms with Crippen LogP contribution in [0.25, 0.3) is 0 Å². The number of amides is 1. The van der Waals surface area contributed by atoms with E-state index in [9.17, 15) is 18.0 Å². The zero-order valence-electron chi connectivity index (χ0n) is 12.8.